The summed E-state index contributed by atoms with van der Waals surface area (Å²) in [6, 6.07) is 7.19. The first kappa shape index (κ1) is 8.56. The molecule has 0 saturated carbocycles. The van der Waals surface area contributed by atoms with Crippen LogP contribution in [0.5, 0.6) is 0 Å². The zero-order valence-electron chi connectivity index (χ0n) is 7.58. The maximum Gasteiger partial charge on any atom is 0.166 e. The first-order valence-corrected chi connectivity index (χ1v) is 4.82. The van der Waals surface area contributed by atoms with E-state index in [1.165, 1.54) is 0 Å². The summed E-state index contributed by atoms with van der Waals surface area (Å²) in [7, 11) is 0. The van der Waals surface area contributed by atoms with Gasteiger partial charge in [-0.1, -0.05) is 17.7 Å². The van der Waals surface area contributed by atoms with Gasteiger partial charge in [-0.25, -0.2) is 0 Å². The number of aromatic amines is 1. The van der Waals surface area contributed by atoms with Gasteiger partial charge in [0.05, 0.1) is 16.2 Å². The highest BCUT2D eigenvalue weighted by Gasteiger charge is 2.11. The van der Waals surface area contributed by atoms with Gasteiger partial charge in [0.2, 0.25) is 0 Å². The fourth-order valence-electron chi connectivity index (χ4n) is 1.72. The molecule has 2 heterocycles. The van der Waals surface area contributed by atoms with Gasteiger partial charge < -0.3 is 9.40 Å². The number of benzene rings is 1. The fraction of sp³-hybridized carbons (Fsp3) is 0. The minimum absolute atomic E-state index is 0.505. The van der Waals surface area contributed by atoms with Crippen LogP contribution >= 0.6 is 11.6 Å². The number of hydrogen-bond acceptors (Lipinski definition) is 2. The molecule has 3 nitrogen and oxygen atoms in total. The molecule has 0 aliphatic rings. The Hall–Kier alpha value is -1.74. The predicted molar refractivity (Wildman–Crippen MR) is 58.5 cm³/mol. The van der Waals surface area contributed by atoms with Crippen LogP contribution in [0.25, 0.3) is 22.1 Å². The summed E-state index contributed by atoms with van der Waals surface area (Å²) in [6.45, 7) is 0. The van der Waals surface area contributed by atoms with E-state index in [2.05, 4.69) is 4.98 Å². The summed E-state index contributed by atoms with van der Waals surface area (Å²) in [5, 5.41) is 1.47. The van der Waals surface area contributed by atoms with E-state index < -0.39 is 0 Å². The lowest BCUT2D eigenvalue weighted by molar-refractivity contribution is 0.111. The predicted octanol–water partition coefficient (Wildman–Crippen LogP) is 3.38. The molecule has 74 valence electrons. The van der Waals surface area contributed by atoms with Gasteiger partial charge in [0.15, 0.2) is 17.5 Å². The average Bonchev–Trinajstić information content (AvgIpc) is 2.76. The molecule has 0 radical (unpaired) electrons. The largest absolute Gasteiger partial charge is 0.453 e. The Morgan fingerprint density at radius 3 is 3.07 bits per heavy atom. The Bertz CT molecular complexity index is 666. The molecule has 0 bridgehead atoms. The molecule has 1 aromatic carbocycles. The molecule has 0 atom stereocenters. The number of rotatable bonds is 1. The number of carbonyl (C=O) groups is 1. The number of halogens is 1. The second kappa shape index (κ2) is 2.87. The minimum Gasteiger partial charge on any atom is -0.453 e. The van der Waals surface area contributed by atoms with Gasteiger partial charge in [-0.3, -0.25) is 4.79 Å². The van der Waals surface area contributed by atoms with Crippen LogP contribution in [-0.2, 0) is 0 Å². The molecule has 2 aromatic heterocycles. The van der Waals surface area contributed by atoms with E-state index in [0.717, 1.165) is 17.2 Å². The smallest absolute Gasteiger partial charge is 0.166 e. The van der Waals surface area contributed by atoms with Crippen LogP contribution in [0.1, 0.15) is 10.5 Å². The Kier molecular flexibility index (Phi) is 1.64. The van der Waals surface area contributed by atoms with Crippen molar-refractivity contribution in [2.75, 3.05) is 0 Å². The lowest BCUT2D eigenvalue weighted by atomic mass is 10.2. The van der Waals surface area contributed by atoms with E-state index in [0.29, 0.717) is 21.9 Å². The highest BCUT2D eigenvalue weighted by molar-refractivity contribution is 6.35. The first-order chi connectivity index (χ1) is 7.29. The van der Waals surface area contributed by atoms with Gasteiger partial charge in [0, 0.05) is 11.5 Å². The van der Waals surface area contributed by atoms with Gasteiger partial charge in [-0.15, -0.1) is 0 Å². The number of furan rings is 1. The van der Waals surface area contributed by atoms with Gasteiger partial charge >= 0.3 is 0 Å². The van der Waals surface area contributed by atoms with Crippen LogP contribution in [0.2, 0.25) is 5.02 Å². The van der Waals surface area contributed by atoms with Gasteiger partial charge in [-0.05, 0) is 12.1 Å². The van der Waals surface area contributed by atoms with Crippen molar-refractivity contribution < 1.29 is 9.21 Å². The maximum absolute atomic E-state index is 10.6. The average molecular weight is 220 g/mol. The summed E-state index contributed by atoms with van der Waals surface area (Å²) in [5.74, 6) is 0. The topological polar surface area (TPSA) is 46.0 Å². The number of para-hydroxylation sites is 1. The van der Waals surface area contributed by atoms with Crippen molar-refractivity contribution in [3.05, 3.63) is 35.0 Å². The van der Waals surface area contributed by atoms with Crippen LogP contribution in [0.15, 0.2) is 28.7 Å². The third-order valence-corrected chi connectivity index (χ3v) is 2.68. The Morgan fingerprint density at radius 2 is 2.27 bits per heavy atom. The number of aromatic nitrogens is 1. The van der Waals surface area contributed by atoms with Crippen LogP contribution in [-0.4, -0.2) is 11.3 Å². The molecular formula is C11H6ClNO2. The lowest BCUT2D eigenvalue weighted by Crippen LogP contribution is -1.76. The molecule has 0 aliphatic heterocycles. The third-order valence-electron chi connectivity index (χ3n) is 2.38. The Labute approximate surface area is 89.6 Å². The normalized spacial score (nSPS) is 11.3. The Morgan fingerprint density at radius 1 is 1.40 bits per heavy atom. The Balaban J connectivity index is 2.50. The van der Waals surface area contributed by atoms with Crippen molar-refractivity contribution in [1.82, 2.24) is 4.98 Å². The number of carbonyl (C=O) groups excluding carboxylic acids is 1. The van der Waals surface area contributed by atoms with Crippen LogP contribution in [0.3, 0.4) is 0 Å². The van der Waals surface area contributed by atoms with E-state index in [1.54, 1.807) is 12.1 Å². The molecule has 4 heteroatoms. The van der Waals surface area contributed by atoms with Gasteiger partial charge in [-0.2, -0.15) is 0 Å². The molecule has 0 saturated heterocycles. The number of hydrogen-bond donors (Lipinski definition) is 1. The SMILES string of the molecule is O=Cc1cc2oc3c(Cl)cccc3c2[nH]1. The minimum atomic E-state index is 0.505. The van der Waals surface area contributed by atoms with E-state index in [4.69, 9.17) is 16.0 Å². The quantitative estimate of drug-likeness (QED) is 0.638. The van der Waals surface area contributed by atoms with Crippen molar-refractivity contribution in [3.8, 4) is 0 Å². The van der Waals surface area contributed by atoms with Gasteiger partial charge in [0.1, 0.15) is 0 Å². The van der Waals surface area contributed by atoms with Crippen LogP contribution in [0, 0.1) is 0 Å². The van der Waals surface area contributed by atoms with E-state index in [1.807, 2.05) is 12.1 Å². The standard InChI is InChI=1S/C11H6ClNO2/c12-8-3-1-2-7-10-9(15-11(7)8)4-6(5-14)13-10/h1-5,13H. The summed E-state index contributed by atoms with van der Waals surface area (Å²) < 4.78 is 5.54. The molecule has 0 aliphatic carbocycles. The number of nitrogens with one attached hydrogen (secondary N) is 1. The second-order valence-electron chi connectivity index (χ2n) is 3.30. The number of H-pyrrole nitrogens is 1. The summed E-state index contributed by atoms with van der Waals surface area (Å²) in [5.41, 5.74) is 2.62. The van der Waals surface area contributed by atoms with E-state index in [9.17, 15) is 4.79 Å². The fourth-order valence-corrected chi connectivity index (χ4v) is 1.93. The summed E-state index contributed by atoms with van der Waals surface area (Å²) >= 11 is 5.98. The van der Waals surface area contributed by atoms with Crippen molar-refractivity contribution >= 4 is 40.0 Å². The molecule has 0 spiro atoms. The second-order valence-corrected chi connectivity index (χ2v) is 3.71. The zero-order chi connectivity index (χ0) is 10.4. The summed E-state index contributed by atoms with van der Waals surface area (Å²) in [4.78, 5) is 13.6. The van der Waals surface area contributed by atoms with E-state index >= 15 is 0 Å². The third kappa shape index (κ3) is 1.10. The highest BCUT2D eigenvalue weighted by atomic mass is 35.5. The monoisotopic (exact) mass is 219 g/mol. The van der Waals surface area contributed by atoms with Crippen molar-refractivity contribution in [1.29, 1.82) is 0 Å². The van der Waals surface area contributed by atoms with Gasteiger partial charge in [0.25, 0.3) is 0 Å². The van der Waals surface area contributed by atoms with Crippen LogP contribution < -0.4 is 0 Å². The maximum atomic E-state index is 10.6. The molecule has 3 aromatic rings. The molecule has 0 unspecified atom stereocenters. The zero-order valence-corrected chi connectivity index (χ0v) is 8.34. The highest BCUT2D eigenvalue weighted by Crippen LogP contribution is 2.32. The lowest BCUT2D eigenvalue weighted by Gasteiger charge is -1.90. The first-order valence-electron chi connectivity index (χ1n) is 4.44. The molecule has 1 N–H and O–H groups in total. The van der Waals surface area contributed by atoms with Crippen molar-refractivity contribution in [2.24, 2.45) is 0 Å². The molecule has 0 fully saturated rings. The molecule has 3 rings (SSSR count). The van der Waals surface area contributed by atoms with Crippen LogP contribution in [0.4, 0.5) is 0 Å². The van der Waals surface area contributed by atoms with Crippen molar-refractivity contribution in [3.63, 3.8) is 0 Å². The summed E-state index contributed by atoms with van der Waals surface area (Å²) in [6.07, 6.45) is 0.756. The molecular weight excluding hydrogens is 214 g/mol. The van der Waals surface area contributed by atoms with E-state index in [-0.39, 0.29) is 0 Å². The molecule has 15 heavy (non-hydrogen) atoms. The van der Waals surface area contributed by atoms with Crippen molar-refractivity contribution in [2.45, 2.75) is 0 Å². The number of fused-ring (bicyclic) bond motifs is 3. The number of aldehydes is 1. The molecule has 0 amide bonds.